The monoisotopic (exact) mass is 410 g/mol. The highest BCUT2D eigenvalue weighted by Gasteiger charge is 2.40. The first-order valence-corrected chi connectivity index (χ1v) is 11.5. The Morgan fingerprint density at radius 2 is 1.53 bits per heavy atom. The van der Waals surface area contributed by atoms with E-state index in [9.17, 15) is 5.11 Å². The zero-order valence-electron chi connectivity index (χ0n) is 20.3. The predicted molar refractivity (Wildman–Crippen MR) is 129 cm³/mol. The first kappa shape index (κ1) is 24.5. The van der Waals surface area contributed by atoms with Gasteiger partial charge in [0.05, 0.1) is 6.10 Å². The van der Waals surface area contributed by atoms with Crippen LogP contribution in [-0.2, 0) is 6.42 Å². The van der Waals surface area contributed by atoms with Gasteiger partial charge in [-0.25, -0.2) is 0 Å². The summed E-state index contributed by atoms with van der Waals surface area (Å²) >= 11 is 0. The van der Waals surface area contributed by atoms with E-state index in [1.165, 1.54) is 27.8 Å². The lowest BCUT2D eigenvalue weighted by Gasteiger charge is -2.41. The zero-order chi connectivity index (χ0) is 22.3. The number of aliphatic hydroxyl groups is 1. The second-order valence-electron chi connectivity index (χ2n) is 9.64. The Balaban J connectivity index is 1.86. The van der Waals surface area contributed by atoms with E-state index >= 15 is 0 Å². The zero-order valence-corrected chi connectivity index (χ0v) is 20.3. The van der Waals surface area contributed by atoms with Crippen molar-refractivity contribution in [2.45, 2.75) is 105 Å². The molecule has 2 atom stereocenters. The largest absolute Gasteiger partial charge is 0.484 e. The molecule has 2 rings (SSSR count). The van der Waals surface area contributed by atoms with Crippen molar-refractivity contribution < 1.29 is 9.84 Å². The number of allylic oxidation sites excluding steroid dienone is 6. The Hall–Kier alpha value is -1.80. The van der Waals surface area contributed by atoms with Gasteiger partial charge < -0.3 is 9.84 Å². The molecule has 2 nitrogen and oxygen atoms in total. The van der Waals surface area contributed by atoms with Crippen molar-refractivity contribution in [2.24, 2.45) is 0 Å². The highest BCUT2D eigenvalue weighted by molar-refractivity contribution is 5.48. The van der Waals surface area contributed by atoms with Crippen LogP contribution in [0.25, 0.3) is 0 Å². The predicted octanol–water partition coefficient (Wildman–Crippen LogP) is 7.56. The minimum absolute atomic E-state index is 0.467. The van der Waals surface area contributed by atoms with Gasteiger partial charge in [0.25, 0.3) is 0 Å². The summed E-state index contributed by atoms with van der Waals surface area (Å²) in [6, 6.07) is 4.24. The van der Waals surface area contributed by atoms with E-state index in [1.54, 1.807) is 0 Å². The van der Waals surface area contributed by atoms with Gasteiger partial charge in [0.15, 0.2) is 0 Å². The molecule has 1 aromatic carbocycles. The normalized spacial score (nSPS) is 21.8. The molecule has 0 radical (unpaired) electrons. The van der Waals surface area contributed by atoms with E-state index in [-0.39, 0.29) is 0 Å². The number of fused-ring (bicyclic) bond motifs is 1. The first-order valence-electron chi connectivity index (χ1n) is 11.5. The molecule has 1 heterocycles. The van der Waals surface area contributed by atoms with Crippen molar-refractivity contribution in [3.63, 3.8) is 0 Å². The van der Waals surface area contributed by atoms with E-state index in [1.807, 2.05) is 0 Å². The Labute approximate surface area is 184 Å². The summed E-state index contributed by atoms with van der Waals surface area (Å²) in [5, 5.41) is 10.8. The summed E-state index contributed by atoms with van der Waals surface area (Å²) in [6.45, 7) is 15.0. The number of hydrogen-bond donors (Lipinski definition) is 1. The van der Waals surface area contributed by atoms with Gasteiger partial charge in [0, 0.05) is 12.0 Å². The van der Waals surface area contributed by atoms with Crippen LogP contribution in [-0.4, -0.2) is 16.8 Å². The van der Waals surface area contributed by atoms with E-state index < -0.39 is 11.7 Å². The van der Waals surface area contributed by atoms with Crippen molar-refractivity contribution in [2.75, 3.05) is 0 Å². The van der Waals surface area contributed by atoms with Crippen LogP contribution in [0.15, 0.2) is 47.1 Å². The molecule has 0 amide bonds. The third-order valence-electron chi connectivity index (χ3n) is 6.39. The number of hydrogen-bond acceptors (Lipinski definition) is 2. The summed E-state index contributed by atoms with van der Waals surface area (Å²) in [7, 11) is 0. The van der Waals surface area contributed by atoms with E-state index in [4.69, 9.17) is 4.74 Å². The quantitative estimate of drug-likeness (QED) is 0.426. The van der Waals surface area contributed by atoms with Crippen LogP contribution in [0.3, 0.4) is 0 Å². The van der Waals surface area contributed by atoms with Crippen molar-refractivity contribution in [1.29, 1.82) is 0 Å². The van der Waals surface area contributed by atoms with Gasteiger partial charge in [-0.2, -0.15) is 0 Å². The van der Waals surface area contributed by atoms with Crippen LogP contribution in [0.1, 0.15) is 89.8 Å². The topological polar surface area (TPSA) is 29.5 Å². The van der Waals surface area contributed by atoms with E-state index in [0.717, 1.165) is 49.8 Å². The molecule has 30 heavy (non-hydrogen) atoms. The van der Waals surface area contributed by atoms with Crippen molar-refractivity contribution in [3.05, 3.63) is 63.8 Å². The molecule has 0 spiro atoms. The van der Waals surface area contributed by atoms with Crippen LogP contribution in [0.5, 0.6) is 5.75 Å². The fourth-order valence-corrected chi connectivity index (χ4v) is 4.11. The lowest BCUT2D eigenvalue weighted by atomic mass is 9.83. The number of rotatable bonds is 9. The van der Waals surface area contributed by atoms with Crippen LogP contribution >= 0.6 is 0 Å². The SMILES string of the molecule is CC(C)=CCCC(C)=CCCC(C)=CCCC1(C)Oc2c(C)ccc(C)c2CC1O. The summed E-state index contributed by atoms with van der Waals surface area (Å²) in [4.78, 5) is 0. The number of aryl methyl sites for hydroxylation is 2. The lowest BCUT2D eigenvalue weighted by Crippen LogP contribution is -2.49. The van der Waals surface area contributed by atoms with Gasteiger partial charge in [-0.1, -0.05) is 47.1 Å². The van der Waals surface area contributed by atoms with Crippen LogP contribution < -0.4 is 4.74 Å². The van der Waals surface area contributed by atoms with Crippen molar-refractivity contribution >= 4 is 0 Å². The molecule has 0 aliphatic carbocycles. The standard InChI is InChI=1S/C28H42O2/c1-20(2)11-8-12-21(3)13-9-14-22(4)15-10-18-28(7)26(29)19-25-23(5)16-17-24(6)27(25)30-28/h11,13,15-17,26,29H,8-10,12,14,18-19H2,1-7H3. The smallest absolute Gasteiger partial charge is 0.133 e. The Bertz CT molecular complexity index is 808. The third-order valence-corrected chi connectivity index (χ3v) is 6.39. The number of aliphatic hydroxyl groups excluding tert-OH is 1. The van der Waals surface area contributed by atoms with Gasteiger partial charge in [0.2, 0.25) is 0 Å². The molecule has 1 aliphatic rings. The molecular formula is C28H42O2. The Morgan fingerprint density at radius 1 is 0.967 bits per heavy atom. The van der Waals surface area contributed by atoms with Gasteiger partial charge in [0.1, 0.15) is 11.4 Å². The molecule has 0 aromatic heterocycles. The van der Waals surface area contributed by atoms with Gasteiger partial charge in [-0.05, 0) is 98.1 Å². The van der Waals surface area contributed by atoms with Gasteiger partial charge in [-0.3, -0.25) is 0 Å². The minimum atomic E-state index is -0.524. The second kappa shape index (κ2) is 11.0. The van der Waals surface area contributed by atoms with Gasteiger partial charge in [-0.15, -0.1) is 0 Å². The van der Waals surface area contributed by atoms with E-state index in [0.29, 0.717) is 6.42 Å². The van der Waals surface area contributed by atoms with Crippen LogP contribution in [0.2, 0.25) is 0 Å². The lowest BCUT2D eigenvalue weighted by molar-refractivity contribution is -0.0593. The second-order valence-corrected chi connectivity index (χ2v) is 9.64. The van der Waals surface area contributed by atoms with Crippen LogP contribution in [0, 0.1) is 13.8 Å². The fourth-order valence-electron chi connectivity index (χ4n) is 4.11. The van der Waals surface area contributed by atoms with Crippen molar-refractivity contribution in [3.8, 4) is 5.75 Å². The maximum Gasteiger partial charge on any atom is 0.133 e. The molecule has 0 saturated heterocycles. The maximum absolute atomic E-state index is 10.8. The fraction of sp³-hybridized carbons (Fsp3) is 0.571. The van der Waals surface area contributed by atoms with E-state index in [2.05, 4.69) is 78.8 Å². The maximum atomic E-state index is 10.8. The minimum Gasteiger partial charge on any atom is -0.484 e. The van der Waals surface area contributed by atoms with Crippen LogP contribution in [0.4, 0.5) is 0 Å². The summed E-state index contributed by atoms with van der Waals surface area (Å²) in [6.07, 6.45) is 13.5. The molecule has 1 N–H and O–H groups in total. The molecular weight excluding hydrogens is 368 g/mol. The average molecular weight is 411 g/mol. The molecule has 2 unspecified atom stereocenters. The Morgan fingerprint density at radius 3 is 2.17 bits per heavy atom. The third kappa shape index (κ3) is 6.87. The van der Waals surface area contributed by atoms with Gasteiger partial charge >= 0.3 is 0 Å². The Kier molecular flexibility index (Phi) is 8.97. The average Bonchev–Trinajstić information content (AvgIpc) is 2.66. The molecule has 166 valence electrons. The summed E-state index contributed by atoms with van der Waals surface area (Å²) < 4.78 is 6.40. The molecule has 1 aliphatic heterocycles. The molecule has 0 bridgehead atoms. The number of ether oxygens (including phenoxy) is 1. The highest BCUT2D eigenvalue weighted by atomic mass is 16.5. The first-order chi connectivity index (χ1) is 14.1. The molecule has 1 aromatic rings. The number of benzene rings is 1. The molecule has 0 fully saturated rings. The molecule has 0 saturated carbocycles. The van der Waals surface area contributed by atoms with Crippen molar-refractivity contribution in [1.82, 2.24) is 0 Å². The summed E-state index contributed by atoms with van der Waals surface area (Å²) in [5.41, 5.74) is 7.31. The molecule has 2 heteroatoms. The summed E-state index contributed by atoms with van der Waals surface area (Å²) in [5.74, 6) is 0.984. The highest BCUT2D eigenvalue weighted by Crippen LogP contribution is 2.39.